The Morgan fingerprint density at radius 2 is 2.15 bits per heavy atom. The van der Waals surface area contributed by atoms with E-state index in [-0.39, 0.29) is 17.8 Å². The predicted molar refractivity (Wildman–Crippen MR) is 79.3 cm³/mol. The van der Waals surface area contributed by atoms with Crippen LogP contribution in [0.2, 0.25) is 0 Å². The minimum atomic E-state index is -0.351. The molecule has 0 radical (unpaired) electrons. The first-order valence-electron chi connectivity index (χ1n) is 6.47. The van der Waals surface area contributed by atoms with E-state index in [0.717, 1.165) is 10.9 Å². The number of aromatic nitrogens is 1. The Morgan fingerprint density at radius 1 is 1.45 bits per heavy atom. The highest BCUT2D eigenvalue weighted by atomic mass is 79.9. The molecule has 1 rings (SSSR count). The zero-order chi connectivity index (χ0) is 15.1. The number of nitrogens with zero attached hydrogens (tertiary/aromatic N) is 2. The van der Waals surface area contributed by atoms with Gasteiger partial charge in [0.05, 0.1) is 18.6 Å². The van der Waals surface area contributed by atoms with Crippen LogP contribution in [0.1, 0.15) is 30.6 Å². The van der Waals surface area contributed by atoms with Crippen molar-refractivity contribution in [1.82, 2.24) is 9.88 Å². The van der Waals surface area contributed by atoms with Gasteiger partial charge in [-0.2, -0.15) is 0 Å². The maximum Gasteiger partial charge on any atom is 0.310 e. The largest absolute Gasteiger partial charge is 0.469 e. The van der Waals surface area contributed by atoms with Crippen molar-refractivity contribution in [3.8, 4) is 0 Å². The van der Waals surface area contributed by atoms with Crippen molar-refractivity contribution in [1.29, 1.82) is 0 Å². The smallest absolute Gasteiger partial charge is 0.310 e. The summed E-state index contributed by atoms with van der Waals surface area (Å²) in [4.78, 5) is 29.6. The lowest BCUT2D eigenvalue weighted by molar-refractivity contribution is -0.145. The zero-order valence-electron chi connectivity index (χ0n) is 11.9. The van der Waals surface area contributed by atoms with Gasteiger partial charge in [0.1, 0.15) is 0 Å². The van der Waals surface area contributed by atoms with Crippen molar-refractivity contribution < 1.29 is 14.3 Å². The van der Waals surface area contributed by atoms with Crippen molar-refractivity contribution in [2.75, 3.05) is 20.2 Å². The van der Waals surface area contributed by atoms with Gasteiger partial charge in [-0.15, -0.1) is 0 Å². The lowest BCUT2D eigenvalue weighted by atomic mass is 10.1. The van der Waals surface area contributed by atoms with E-state index in [4.69, 9.17) is 4.74 Å². The molecule has 0 N–H and O–H groups in total. The average molecular weight is 343 g/mol. The lowest BCUT2D eigenvalue weighted by Gasteiger charge is -2.24. The summed E-state index contributed by atoms with van der Waals surface area (Å²) in [5, 5.41) is 0. The van der Waals surface area contributed by atoms with Gasteiger partial charge >= 0.3 is 5.97 Å². The Labute approximate surface area is 127 Å². The Hall–Kier alpha value is -1.43. The van der Waals surface area contributed by atoms with Crippen LogP contribution < -0.4 is 0 Å². The maximum atomic E-state index is 12.4. The molecule has 0 bridgehead atoms. The standard InChI is InChI=1S/C14H19BrN2O3/c1-4-5-17(9-10(2)14(19)20-3)13(18)11-6-12(15)8-16-7-11/h6-8,10H,4-5,9H2,1-3H3. The molecule has 1 atom stereocenters. The minimum absolute atomic E-state index is 0.128. The summed E-state index contributed by atoms with van der Waals surface area (Å²) in [6.45, 7) is 4.67. The molecule has 0 saturated heterocycles. The van der Waals surface area contributed by atoms with Crippen LogP contribution in [-0.4, -0.2) is 42.0 Å². The first kappa shape index (κ1) is 16.6. The second-order valence-corrected chi connectivity index (χ2v) is 5.48. The van der Waals surface area contributed by atoms with E-state index in [9.17, 15) is 9.59 Å². The second-order valence-electron chi connectivity index (χ2n) is 4.57. The molecule has 1 aromatic rings. The molecule has 1 amide bonds. The maximum absolute atomic E-state index is 12.4. The van der Waals surface area contributed by atoms with Crippen LogP contribution in [-0.2, 0) is 9.53 Å². The number of ether oxygens (including phenoxy) is 1. The molecule has 0 aliphatic heterocycles. The number of hydrogen-bond donors (Lipinski definition) is 0. The highest BCUT2D eigenvalue weighted by Gasteiger charge is 2.22. The van der Waals surface area contributed by atoms with Gasteiger partial charge in [0.15, 0.2) is 0 Å². The predicted octanol–water partition coefficient (Wildman–Crippen LogP) is 2.51. The SMILES string of the molecule is CCCN(CC(C)C(=O)OC)C(=O)c1cncc(Br)c1. The van der Waals surface area contributed by atoms with Crippen molar-refractivity contribution >= 4 is 27.8 Å². The van der Waals surface area contributed by atoms with Crippen LogP contribution in [0.3, 0.4) is 0 Å². The van der Waals surface area contributed by atoms with Gasteiger partial charge in [-0.25, -0.2) is 0 Å². The Bertz CT molecular complexity index is 479. The quantitative estimate of drug-likeness (QED) is 0.745. The number of pyridine rings is 1. The molecule has 1 heterocycles. The topological polar surface area (TPSA) is 59.5 Å². The third-order valence-electron chi connectivity index (χ3n) is 2.83. The monoisotopic (exact) mass is 342 g/mol. The fourth-order valence-electron chi connectivity index (χ4n) is 1.86. The van der Waals surface area contributed by atoms with Gasteiger partial charge in [-0.3, -0.25) is 14.6 Å². The number of esters is 1. The molecule has 1 unspecified atom stereocenters. The first-order chi connectivity index (χ1) is 9.49. The van der Waals surface area contributed by atoms with Gasteiger partial charge in [0, 0.05) is 30.0 Å². The number of methoxy groups -OCH3 is 1. The molecule has 0 aliphatic rings. The van der Waals surface area contributed by atoms with Gasteiger partial charge in [-0.05, 0) is 28.4 Å². The summed E-state index contributed by atoms with van der Waals surface area (Å²) in [6.07, 6.45) is 3.97. The van der Waals surface area contributed by atoms with E-state index in [0.29, 0.717) is 18.7 Å². The van der Waals surface area contributed by atoms with E-state index >= 15 is 0 Å². The van der Waals surface area contributed by atoms with Gasteiger partial charge in [0.2, 0.25) is 0 Å². The molecule has 1 aromatic heterocycles. The van der Waals surface area contributed by atoms with Crippen LogP contribution in [0.15, 0.2) is 22.9 Å². The highest BCUT2D eigenvalue weighted by molar-refractivity contribution is 9.10. The molecule has 0 spiro atoms. The summed E-state index contributed by atoms with van der Waals surface area (Å²) in [5.74, 6) is -0.793. The number of hydrogen-bond acceptors (Lipinski definition) is 4. The number of halogens is 1. The molecule has 0 fully saturated rings. The Kier molecular flexibility index (Phi) is 6.64. The average Bonchev–Trinajstić information content (AvgIpc) is 2.45. The van der Waals surface area contributed by atoms with Gasteiger partial charge in [0.25, 0.3) is 5.91 Å². The molecule has 5 nitrogen and oxygen atoms in total. The number of carbonyl (C=O) groups is 2. The fourth-order valence-corrected chi connectivity index (χ4v) is 2.23. The van der Waals surface area contributed by atoms with E-state index in [1.165, 1.54) is 13.3 Å². The Balaban J connectivity index is 2.84. The van der Waals surface area contributed by atoms with E-state index in [2.05, 4.69) is 20.9 Å². The minimum Gasteiger partial charge on any atom is -0.469 e. The molecular formula is C14H19BrN2O3. The van der Waals surface area contributed by atoms with Gasteiger partial charge < -0.3 is 9.64 Å². The van der Waals surface area contributed by atoms with Crippen LogP contribution in [0, 0.1) is 5.92 Å². The summed E-state index contributed by atoms with van der Waals surface area (Å²) >= 11 is 3.30. The summed E-state index contributed by atoms with van der Waals surface area (Å²) in [5.41, 5.74) is 0.505. The fraction of sp³-hybridized carbons (Fsp3) is 0.500. The molecular weight excluding hydrogens is 324 g/mol. The van der Waals surface area contributed by atoms with Crippen LogP contribution in [0.25, 0.3) is 0 Å². The molecule has 0 aromatic carbocycles. The van der Waals surface area contributed by atoms with E-state index in [1.54, 1.807) is 24.1 Å². The summed E-state index contributed by atoms with van der Waals surface area (Å²) < 4.78 is 5.45. The third-order valence-corrected chi connectivity index (χ3v) is 3.26. The van der Waals surface area contributed by atoms with Crippen molar-refractivity contribution in [3.63, 3.8) is 0 Å². The first-order valence-corrected chi connectivity index (χ1v) is 7.26. The third kappa shape index (κ3) is 4.59. The summed E-state index contributed by atoms with van der Waals surface area (Å²) in [6, 6.07) is 1.72. The molecule has 110 valence electrons. The molecule has 0 aliphatic carbocycles. The normalized spacial score (nSPS) is 11.8. The zero-order valence-corrected chi connectivity index (χ0v) is 13.5. The van der Waals surface area contributed by atoms with Crippen molar-refractivity contribution in [2.24, 2.45) is 5.92 Å². The molecule has 20 heavy (non-hydrogen) atoms. The van der Waals surface area contributed by atoms with E-state index in [1.807, 2.05) is 6.92 Å². The second kappa shape index (κ2) is 7.99. The highest BCUT2D eigenvalue weighted by Crippen LogP contribution is 2.13. The number of carbonyl (C=O) groups excluding carboxylic acids is 2. The lowest BCUT2D eigenvalue weighted by Crippen LogP contribution is -2.37. The van der Waals surface area contributed by atoms with Crippen molar-refractivity contribution in [2.45, 2.75) is 20.3 Å². The van der Waals surface area contributed by atoms with Crippen molar-refractivity contribution in [3.05, 3.63) is 28.5 Å². The molecule has 6 heteroatoms. The number of amides is 1. The van der Waals surface area contributed by atoms with Gasteiger partial charge in [-0.1, -0.05) is 13.8 Å². The Morgan fingerprint density at radius 3 is 2.70 bits per heavy atom. The van der Waals surface area contributed by atoms with Crippen LogP contribution in [0.4, 0.5) is 0 Å². The van der Waals surface area contributed by atoms with E-state index < -0.39 is 0 Å². The van der Waals surface area contributed by atoms with Crippen LogP contribution >= 0.6 is 15.9 Å². The molecule has 0 saturated carbocycles. The number of rotatable bonds is 6. The summed E-state index contributed by atoms with van der Waals surface area (Å²) in [7, 11) is 1.35. The van der Waals surface area contributed by atoms with Crippen LogP contribution in [0.5, 0.6) is 0 Å².